The van der Waals surface area contributed by atoms with E-state index in [9.17, 15) is 32.7 Å². The number of aliphatic hydroxyl groups is 1. The minimum absolute atomic E-state index is 0.127. The van der Waals surface area contributed by atoms with Crippen LogP contribution in [0.25, 0.3) is 0 Å². The van der Waals surface area contributed by atoms with Crippen LogP contribution in [-0.2, 0) is 17.8 Å². The van der Waals surface area contributed by atoms with Gasteiger partial charge in [0.15, 0.2) is 11.9 Å². The third kappa shape index (κ3) is 6.33. The average molecular weight is 594 g/mol. The van der Waals surface area contributed by atoms with Gasteiger partial charge in [-0.05, 0) is 23.4 Å². The second-order valence-electron chi connectivity index (χ2n) is 9.75. The number of ketones is 1. The Morgan fingerprint density at radius 3 is 2.49 bits per heavy atom. The van der Waals surface area contributed by atoms with Crippen molar-refractivity contribution in [3.63, 3.8) is 0 Å². The van der Waals surface area contributed by atoms with Crippen LogP contribution in [-0.4, -0.2) is 52.3 Å². The molecule has 41 heavy (non-hydrogen) atoms. The Morgan fingerprint density at radius 1 is 1.22 bits per heavy atom. The zero-order valence-corrected chi connectivity index (χ0v) is 23.3. The number of anilines is 1. The Balaban J connectivity index is 1.74. The van der Waals surface area contributed by atoms with Gasteiger partial charge in [-0.3, -0.25) is 19.0 Å². The number of aliphatic hydroxyl groups excluding tert-OH is 1. The highest BCUT2D eigenvalue weighted by molar-refractivity contribution is 7.27. The summed E-state index contributed by atoms with van der Waals surface area (Å²) < 4.78 is 59.9. The van der Waals surface area contributed by atoms with Gasteiger partial charge in [-0.15, -0.1) is 9.24 Å². The van der Waals surface area contributed by atoms with Crippen LogP contribution in [0.5, 0.6) is 5.75 Å². The SMILES string of the molecule is CCc1ccc(C(=O)C[C@@H]2C(=O)N(c3cncn(CC(O)C(F)(F)F)c3=O)C[C@H]2c2c(F)cc(OC)cc2P)cc1. The molecular formula is C28H28F4N3O5P. The van der Waals surface area contributed by atoms with Crippen LogP contribution in [0.1, 0.15) is 40.7 Å². The average Bonchev–Trinajstić information content (AvgIpc) is 3.23. The van der Waals surface area contributed by atoms with Gasteiger partial charge in [-0.2, -0.15) is 13.2 Å². The lowest BCUT2D eigenvalue weighted by Gasteiger charge is -2.20. The van der Waals surface area contributed by atoms with Crippen LogP contribution in [0, 0.1) is 11.7 Å². The van der Waals surface area contributed by atoms with Gasteiger partial charge < -0.3 is 14.7 Å². The summed E-state index contributed by atoms with van der Waals surface area (Å²) in [6.07, 6.45) is -5.51. The maximum absolute atomic E-state index is 15.4. The zero-order chi connectivity index (χ0) is 30.1. The zero-order valence-electron chi connectivity index (χ0n) is 22.2. The van der Waals surface area contributed by atoms with Crippen LogP contribution in [0.15, 0.2) is 53.7 Å². The van der Waals surface area contributed by atoms with Crippen LogP contribution < -0.4 is 20.5 Å². The number of halogens is 4. The predicted octanol–water partition coefficient (Wildman–Crippen LogP) is 3.40. The fraction of sp³-hybridized carbons (Fsp3) is 0.357. The van der Waals surface area contributed by atoms with Crippen LogP contribution in [0.2, 0.25) is 0 Å². The fourth-order valence-electron chi connectivity index (χ4n) is 4.94. The number of carbonyl (C=O) groups is 2. The van der Waals surface area contributed by atoms with Crippen molar-refractivity contribution in [3.8, 4) is 5.75 Å². The van der Waals surface area contributed by atoms with Crippen molar-refractivity contribution >= 4 is 31.9 Å². The first-order valence-electron chi connectivity index (χ1n) is 12.7. The van der Waals surface area contributed by atoms with Gasteiger partial charge in [-0.25, -0.2) is 9.37 Å². The highest BCUT2D eigenvalue weighted by Gasteiger charge is 2.45. The molecule has 2 aromatic carbocycles. The lowest BCUT2D eigenvalue weighted by Crippen LogP contribution is -2.39. The number of ether oxygens (including phenoxy) is 1. The summed E-state index contributed by atoms with van der Waals surface area (Å²) in [7, 11) is 3.75. The van der Waals surface area contributed by atoms with Crippen molar-refractivity contribution in [1.29, 1.82) is 0 Å². The van der Waals surface area contributed by atoms with E-state index in [1.807, 2.05) is 6.92 Å². The molecule has 4 atom stereocenters. The molecule has 1 fully saturated rings. The van der Waals surface area contributed by atoms with E-state index in [4.69, 9.17) is 4.74 Å². The number of benzene rings is 2. The first kappa shape index (κ1) is 30.3. The summed E-state index contributed by atoms with van der Waals surface area (Å²) in [6, 6.07) is 9.58. The largest absolute Gasteiger partial charge is 0.497 e. The van der Waals surface area contributed by atoms with Crippen molar-refractivity contribution in [2.24, 2.45) is 5.92 Å². The maximum atomic E-state index is 15.4. The highest BCUT2D eigenvalue weighted by atomic mass is 31.0. The molecule has 1 saturated heterocycles. The predicted molar refractivity (Wildman–Crippen MR) is 146 cm³/mol. The number of nitrogens with zero attached hydrogens (tertiary/aromatic N) is 3. The highest BCUT2D eigenvalue weighted by Crippen LogP contribution is 2.39. The summed E-state index contributed by atoms with van der Waals surface area (Å²) in [5.41, 5.74) is 0.150. The number of rotatable bonds is 9. The van der Waals surface area contributed by atoms with E-state index in [-0.39, 0.29) is 35.7 Å². The molecule has 218 valence electrons. The standard InChI is InChI=1S/C28H28F4N3O5P/c1-3-15-4-6-16(7-5-15)22(36)10-18-19(25-20(29)8-17(40-2)9-23(25)41)12-35(26(18)38)21-11-33-14-34(27(21)39)13-24(37)28(30,31)32/h4-9,11,14,18-19,24,37H,3,10,12-13,41H2,1-2H3/t18-,19+,24?/m0/s1. The first-order chi connectivity index (χ1) is 19.3. The van der Waals surface area contributed by atoms with Crippen molar-refractivity contribution < 1.29 is 37.0 Å². The lowest BCUT2D eigenvalue weighted by molar-refractivity contribution is -0.207. The van der Waals surface area contributed by atoms with Gasteiger partial charge in [0.1, 0.15) is 17.3 Å². The summed E-state index contributed by atoms with van der Waals surface area (Å²) in [5.74, 6) is -3.48. The van der Waals surface area contributed by atoms with Crippen molar-refractivity contribution in [2.45, 2.75) is 44.5 Å². The molecule has 0 spiro atoms. The molecule has 3 aromatic rings. The Hall–Kier alpha value is -3.63. The Labute approximate surface area is 235 Å². The Bertz CT molecular complexity index is 1490. The molecule has 1 aliphatic heterocycles. The number of amides is 1. The number of hydrogen-bond donors (Lipinski definition) is 1. The van der Waals surface area contributed by atoms with Crippen molar-refractivity contribution in [1.82, 2.24) is 9.55 Å². The second-order valence-corrected chi connectivity index (χ2v) is 10.4. The third-order valence-electron chi connectivity index (χ3n) is 7.20. The smallest absolute Gasteiger partial charge is 0.416 e. The molecule has 8 nitrogen and oxygen atoms in total. The van der Waals surface area contributed by atoms with E-state index in [2.05, 4.69) is 14.2 Å². The van der Waals surface area contributed by atoms with E-state index in [0.29, 0.717) is 15.4 Å². The van der Waals surface area contributed by atoms with Gasteiger partial charge in [0.2, 0.25) is 5.91 Å². The molecule has 2 heterocycles. The number of aromatic nitrogens is 2. The number of carbonyl (C=O) groups excluding carboxylic acids is 2. The molecule has 0 radical (unpaired) electrons. The summed E-state index contributed by atoms with van der Waals surface area (Å²) in [5, 5.41) is 9.84. The number of alkyl halides is 3. The fourth-order valence-corrected chi connectivity index (χ4v) is 5.45. The van der Waals surface area contributed by atoms with E-state index in [1.54, 1.807) is 30.3 Å². The molecule has 2 unspecified atom stereocenters. The number of hydrogen-bond acceptors (Lipinski definition) is 6. The van der Waals surface area contributed by atoms with Gasteiger partial charge in [0, 0.05) is 36.1 Å². The molecule has 1 aromatic heterocycles. The number of aryl methyl sites for hydroxylation is 1. The maximum Gasteiger partial charge on any atom is 0.416 e. The summed E-state index contributed by atoms with van der Waals surface area (Å²) in [4.78, 5) is 45.0. The normalized spacial score (nSPS) is 18.0. The first-order valence-corrected chi connectivity index (χ1v) is 13.3. The second kappa shape index (κ2) is 12.1. The van der Waals surface area contributed by atoms with Gasteiger partial charge in [0.05, 0.1) is 32.1 Å². The molecule has 0 saturated carbocycles. The lowest BCUT2D eigenvalue weighted by atomic mass is 9.83. The van der Waals surface area contributed by atoms with E-state index in [0.717, 1.165) is 35.5 Å². The Kier molecular flexibility index (Phi) is 8.94. The number of methoxy groups -OCH3 is 1. The van der Waals surface area contributed by atoms with E-state index < -0.39 is 47.9 Å². The Morgan fingerprint density at radius 2 is 1.90 bits per heavy atom. The molecule has 0 aliphatic carbocycles. The third-order valence-corrected chi connectivity index (χ3v) is 7.68. The monoisotopic (exact) mass is 593 g/mol. The number of Topliss-reactive ketones (excluding diaryl/α,β-unsaturated/α-hetero) is 1. The molecule has 0 bridgehead atoms. The minimum Gasteiger partial charge on any atom is -0.497 e. The quantitative estimate of drug-likeness (QED) is 0.232. The minimum atomic E-state index is -4.98. The van der Waals surface area contributed by atoms with Crippen LogP contribution in [0.4, 0.5) is 23.2 Å². The molecular weight excluding hydrogens is 565 g/mol. The molecule has 4 rings (SSSR count). The van der Waals surface area contributed by atoms with Gasteiger partial charge in [0.25, 0.3) is 5.56 Å². The molecule has 1 aliphatic rings. The van der Waals surface area contributed by atoms with Crippen molar-refractivity contribution in [3.05, 3.63) is 81.8 Å². The summed E-state index contributed by atoms with van der Waals surface area (Å²) >= 11 is 0. The molecule has 1 N–H and O–H groups in total. The van der Waals surface area contributed by atoms with Crippen LogP contribution in [0.3, 0.4) is 0 Å². The summed E-state index contributed by atoms with van der Waals surface area (Å²) in [6.45, 7) is 0.597. The van der Waals surface area contributed by atoms with E-state index >= 15 is 4.39 Å². The topological polar surface area (TPSA) is 102 Å². The van der Waals surface area contributed by atoms with Crippen LogP contribution >= 0.6 is 9.24 Å². The van der Waals surface area contributed by atoms with E-state index in [1.165, 1.54) is 7.11 Å². The molecule has 1 amide bonds. The molecule has 13 heteroatoms. The van der Waals surface area contributed by atoms with Crippen molar-refractivity contribution in [2.75, 3.05) is 18.6 Å². The van der Waals surface area contributed by atoms with Gasteiger partial charge in [-0.1, -0.05) is 31.2 Å². The van der Waals surface area contributed by atoms with Gasteiger partial charge >= 0.3 is 6.18 Å².